The summed E-state index contributed by atoms with van der Waals surface area (Å²) in [6.07, 6.45) is 8.64. The lowest BCUT2D eigenvalue weighted by atomic mass is 10.1. The van der Waals surface area contributed by atoms with Crippen LogP contribution in [0.15, 0.2) is 0 Å². The van der Waals surface area contributed by atoms with Crippen molar-refractivity contribution in [1.82, 2.24) is 0 Å². The van der Waals surface area contributed by atoms with E-state index in [1.165, 1.54) is 25.7 Å². The number of carbonyl (C=O) groups is 1. The van der Waals surface area contributed by atoms with E-state index >= 15 is 0 Å². The molecule has 0 aromatic heterocycles. The van der Waals surface area contributed by atoms with Gasteiger partial charge in [0.1, 0.15) is 6.29 Å². The molecule has 80 valence electrons. The molecule has 0 radical (unpaired) electrons. The van der Waals surface area contributed by atoms with E-state index in [0.29, 0.717) is 12.3 Å². The first-order valence-electron chi connectivity index (χ1n) is 5.70. The lowest BCUT2D eigenvalue weighted by Crippen LogP contribution is -1.92. The Hall–Kier alpha value is -0.770. The minimum atomic E-state index is 0.427. The summed E-state index contributed by atoms with van der Waals surface area (Å²) in [4.78, 5) is 10.2. The average Bonchev–Trinajstić information content (AvgIpc) is 2.17. The number of aldehydes is 1. The highest BCUT2D eigenvalue weighted by molar-refractivity contribution is 5.49. The smallest absolute Gasteiger partial charge is 0.120 e. The van der Waals surface area contributed by atoms with Crippen molar-refractivity contribution in [3.63, 3.8) is 0 Å². The van der Waals surface area contributed by atoms with E-state index in [4.69, 9.17) is 0 Å². The van der Waals surface area contributed by atoms with Gasteiger partial charge >= 0.3 is 0 Å². The Bertz CT molecular complexity index is 185. The van der Waals surface area contributed by atoms with Gasteiger partial charge in [-0.15, -0.1) is 11.8 Å². The summed E-state index contributed by atoms with van der Waals surface area (Å²) >= 11 is 0. The van der Waals surface area contributed by atoms with Gasteiger partial charge in [-0.2, -0.15) is 0 Å². The Morgan fingerprint density at radius 2 is 2.00 bits per heavy atom. The van der Waals surface area contributed by atoms with E-state index in [9.17, 15) is 4.79 Å². The number of unbranched alkanes of at least 4 members (excludes halogenated alkanes) is 4. The van der Waals surface area contributed by atoms with Gasteiger partial charge in [-0.05, 0) is 12.3 Å². The summed E-state index contributed by atoms with van der Waals surface area (Å²) in [7, 11) is 0. The van der Waals surface area contributed by atoms with Gasteiger partial charge < -0.3 is 4.79 Å². The molecule has 0 rings (SSSR count). The van der Waals surface area contributed by atoms with Crippen molar-refractivity contribution in [2.75, 3.05) is 0 Å². The van der Waals surface area contributed by atoms with Crippen LogP contribution in [0.4, 0.5) is 0 Å². The predicted octanol–water partition coefficient (Wildman–Crippen LogP) is 3.58. The van der Waals surface area contributed by atoms with Gasteiger partial charge in [0.05, 0.1) is 0 Å². The quantitative estimate of drug-likeness (QED) is 0.344. The molecule has 0 amide bonds. The maximum Gasteiger partial charge on any atom is 0.120 e. The Kier molecular flexibility index (Phi) is 9.74. The molecule has 0 aliphatic carbocycles. The number of carbonyl (C=O) groups excluding carboxylic acids is 1. The molecular weight excluding hydrogens is 172 g/mol. The summed E-state index contributed by atoms with van der Waals surface area (Å²) in [6, 6.07) is 0. The number of rotatable bonds is 7. The van der Waals surface area contributed by atoms with Crippen LogP contribution in [-0.2, 0) is 4.79 Å². The van der Waals surface area contributed by atoms with Crippen LogP contribution in [0.1, 0.15) is 58.8 Å². The van der Waals surface area contributed by atoms with Gasteiger partial charge in [0.2, 0.25) is 0 Å². The molecule has 0 saturated heterocycles. The van der Waals surface area contributed by atoms with Gasteiger partial charge in [-0.25, -0.2) is 0 Å². The van der Waals surface area contributed by atoms with Crippen LogP contribution in [0.3, 0.4) is 0 Å². The third-order valence-electron chi connectivity index (χ3n) is 2.23. The fourth-order valence-electron chi connectivity index (χ4n) is 1.22. The fraction of sp³-hybridized carbons (Fsp3) is 0.769. The van der Waals surface area contributed by atoms with Gasteiger partial charge in [0, 0.05) is 19.3 Å². The molecule has 0 heterocycles. The Morgan fingerprint density at radius 3 is 2.64 bits per heavy atom. The monoisotopic (exact) mass is 194 g/mol. The van der Waals surface area contributed by atoms with Crippen LogP contribution < -0.4 is 0 Å². The Balaban J connectivity index is 3.29. The van der Waals surface area contributed by atoms with Crippen LogP contribution >= 0.6 is 0 Å². The van der Waals surface area contributed by atoms with Crippen LogP contribution in [-0.4, -0.2) is 6.29 Å². The molecule has 1 unspecified atom stereocenters. The van der Waals surface area contributed by atoms with Crippen molar-refractivity contribution in [3.8, 4) is 11.8 Å². The molecule has 0 fully saturated rings. The molecule has 0 N–H and O–H groups in total. The number of hydrogen-bond donors (Lipinski definition) is 0. The normalized spacial score (nSPS) is 11.6. The maximum atomic E-state index is 10.2. The molecule has 0 spiro atoms. The molecule has 1 nitrogen and oxygen atoms in total. The van der Waals surface area contributed by atoms with Crippen molar-refractivity contribution in [2.45, 2.75) is 58.8 Å². The Morgan fingerprint density at radius 1 is 1.21 bits per heavy atom. The van der Waals surface area contributed by atoms with E-state index < -0.39 is 0 Å². The van der Waals surface area contributed by atoms with Crippen molar-refractivity contribution < 1.29 is 4.79 Å². The van der Waals surface area contributed by atoms with Crippen molar-refractivity contribution in [2.24, 2.45) is 5.92 Å². The standard InChI is InChI=1S/C13H22O/c1-3-4-5-6-7-8-9-10-13(2)11-12-14/h12-13H,3-7,10-11H2,1-2H3. The highest BCUT2D eigenvalue weighted by Gasteiger charge is 1.96. The second-order valence-corrected chi connectivity index (χ2v) is 3.88. The summed E-state index contributed by atoms with van der Waals surface area (Å²) < 4.78 is 0. The second kappa shape index (κ2) is 10.3. The van der Waals surface area contributed by atoms with Crippen LogP contribution in [0.25, 0.3) is 0 Å². The molecule has 0 aliphatic heterocycles. The minimum Gasteiger partial charge on any atom is -0.303 e. The molecule has 14 heavy (non-hydrogen) atoms. The summed E-state index contributed by atoms with van der Waals surface area (Å²) in [5, 5.41) is 0. The SMILES string of the molecule is CCCCCCC#CCC(C)CC=O. The second-order valence-electron chi connectivity index (χ2n) is 3.88. The zero-order chi connectivity index (χ0) is 10.6. The molecule has 0 aromatic carbocycles. The molecule has 0 saturated carbocycles. The third-order valence-corrected chi connectivity index (χ3v) is 2.23. The predicted molar refractivity (Wildman–Crippen MR) is 61.0 cm³/mol. The molecular formula is C13H22O. The molecule has 0 aromatic rings. The highest BCUT2D eigenvalue weighted by atomic mass is 16.1. The van der Waals surface area contributed by atoms with E-state index in [0.717, 1.165) is 19.1 Å². The first-order valence-corrected chi connectivity index (χ1v) is 5.70. The van der Waals surface area contributed by atoms with Gasteiger partial charge in [-0.3, -0.25) is 0 Å². The van der Waals surface area contributed by atoms with Gasteiger partial charge in [-0.1, -0.05) is 33.1 Å². The van der Waals surface area contributed by atoms with E-state index in [-0.39, 0.29) is 0 Å². The average molecular weight is 194 g/mol. The first-order chi connectivity index (χ1) is 6.81. The first kappa shape index (κ1) is 13.2. The van der Waals surface area contributed by atoms with E-state index in [1.54, 1.807) is 0 Å². The zero-order valence-electron chi connectivity index (χ0n) is 9.51. The zero-order valence-corrected chi connectivity index (χ0v) is 9.51. The van der Waals surface area contributed by atoms with Crippen molar-refractivity contribution >= 4 is 6.29 Å². The Labute approximate surface area is 88.3 Å². The minimum absolute atomic E-state index is 0.427. The largest absolute Gasteiger partial charge is 0.303 e. The van der Waals surface area contributed by atoms with Crippen LogP contribution in [0.5, 0.6) is 0 Å². The van der Waals surface area contributed by atoms with Crippen LogP contribution in [0.2, 0.25) is 0 Å². The van der Waals surface area contributed by atoms with E-state index in [2.05, 4.69) is 25.7 Å². The summed E-state index contributed by atoms with van der Waals surface area (Å²) in [5.74, 6) is 6.73. The highest BCUT2D eigenvalue weighted by Crippen LogP contribution is 2.04. The van der Waals surface area contributed by atoms with Crippen LogP contribution in [0, 0.1) is 17.8 Å². The van der Waals surface area contributed by atoms with Gasteiger partial charge in [0.15, 0.2) is 0 Å². The van der Waals surface area contributed by atoms with Crippen molar-refractivity contribution in [1.29, 1.82) is 0 Å². The topological polar surface area (TPSA) is 17.1 Å². The number of hydrogen-bond acceptors (Lipinski definition) is 1. The summed E-state index contributed by atoms with van der Waals surface area (Å²) in [5.41, 5.74) is 0. The lowest BCUT2D eigenvalue weighted by Gasteiger charge is -1.99. The van der Waals surface area contributed by atoms with E-state index in [1.807, 2.05) is 0 Å². The molecule has 0 bridgehead atoms. The molecule has 1 heteroatoms. The summed E-state index contributed by atoms with van der Waals surface area (Å²) in [6.45, 7) is 4.28. The lowest BCUT2D eigenvalue weighted by molar-refractivity contribution is -0.108. The molecule has 0 aliphatic rings. The van der Waals surface area contributed by atoms with Gasteiger partial charge in [0.25, 0.3) is 0 Å². The maximum absolute atomic E-state index is 10.2. The molecule has 1 atom stereocenters. The third kappa shape index (κ3) is 9.32. The van der Waals surface area contributed by atoms with Crippen molar-refractivity contribution in [3.05, 3.63) is 0 Å². The fourth-order valence-corrected chi connectivity index (χ4v) is 1.22.